The molecule has 0 aliphatic carbocycles. The van der Waals surface area contributed by atoms with E-state index in [0.717, 1.165) is 18.8 Å². The number of hydrogen-bond acceptors (Lipinski definition) is 4. The van der Waals surface area contributed by atoms with Gasteiger partial charge in [-0.15, -0.1) is 0 Å². The quantitative estimate of drug-likeness (QED) is 0.902. The van der Waals surface area contributed by atoms with Crippen molar-refractivity contribution in [3.05, 3.63) is 71.7 Å². The molecule has 1 aromatic rings. The van der Waals surface area contributed by atoms with Crippen molar-refractivity contribution in [1.29, 1.82) is 0 Å². The lowest BCUT2D eigenvalue weighted by molar-refractivity contribution is 0.529. The van der Waals surface area contributed by atoms with E-state index >= 15 is 0 Å². The van der Waals surface area contributed by atoms with Crippen LogP contribution in [0, 0.1) is 0 Å². The molecule has 4 rings (SSSR count). The van der Waals surface area contributed by atoms with Gasteiger partial charge in [0, 0.05) is 24.5 Å². The molecule has 1 atom stereocenters. The van der Waals surface area contributed by atoms with Gasteiger partial charge in [-0.25, -0.2) is 4.99 Å². The lowest BCUT2D eigenvalue weighted by atomic mass is 10.1. The van der Waals surface area contributed by atoms with Crippen LogP contribution in [-0.4, -0.2) is 23.6 Å². The van der Waals surface area contributed by atoms with E-state index in [1.54, 1.807) is 0 Å². The fourth-order valence-corrected chi connectivity index (χ4v) is 2.84. The highest BCUT2D eigenvalue weighted by molar-refractivity contribution is 5.88. The van der Waals surface area contributed by atoms with E-state index in [2.05, 4.69) is 56.6 Å². The minimum Gasteiger partial charge on any atom is -0.350 e. The number of nitrogens with zero attached hydrogens (tertiary/aromatic N) is 3. The van der Waals surface area contributed by atoms with E-state index in [4.69, 9.17) is 0 Å². The Kier molecular flexibility index (Phi) is 2.92. The molecular formula is C17H16N4. The molecule has 4 heteroatoms. The zero-order chi connectivity index (χ0) is 14.1. The average Bonchev–Trinajstić information content (AvgIpc) is 2.97. The highest BCUT2D eigenvalue weighted by atomic mass is 15.2. The monoisotopic (exact) mass is 276 g/mol. The Morgan fingerprint density at radius 3 is 2.95 bits per heavy atom. The van der Waals surface area contributed by atoms with E-state index in [1.807, 2.05) is 24.8 Å². The summed E-state index contributed by atoms with van der Waals surface area (Å²) in [5, 5.41) is 3.17. The van der Waals surface area contributed by atoms with Crippen LogP contribution < -0.4 is 5.32 Å². The number of aliphatic imine (C=N–C) groups is 2. The van der Waals surface area contributed by atoms with Gasteiger partial charge in [-0.3, -0.25) is 4.99 Å². The third-order valence-corrected chi connectivity index (χ3v) is 3.93. The second kappa shape index (κ2) is 5.05. The highest BCUT2D eigenvalue weighted by Crippen LogP contribution is 2.28. The van der Waals surface area contributed by atoms with Crippen LogP contribution in [0.1, 0.15) is 18.0 Å². The van der Waals surface area contributed by atoms with Gasteiger partial charge in [0.15, 0.2) is 0 Å². The van der Waals surface area contributed by atoms with Gasteiger partial charge >= 0.3 is 0 Å². The maximum Gasteiger partial charge on any atom is 0.110 e. The summed E-state index contributed by atoms with van der Waals surface area (Å²) < 4.78 is 0. The van der Waals surface area contributed by atoms with Crippen LogP contribution in [0.25, 0.3) is 0 Å². The zero-order valence-corrected chi connectivity index (χ0v) is 11.6. The molecule has 3 heterocycles. The lowest BCUT2D eigenvalue weighted by Gasteiger charge is -2.21. The number of fused-ring (bicyclic) bond motifs is 2. The Balaban J connectivity index is 1.60. The summed E-state index contributed by atoms with van der Waals surface area (Å²) >= 11 is 0. The van der Waals surface area contributed by atoms with E-state index in [1.165, 1.54) is 16.8 Å². The number of hydrogen-bond donors (Lipinski definition) is 1. The Morgan fingerprint density at radius 1 is 1.14 bits per heavy atom. The second-order valence-electron chi connectivity index (χ2n) is 5.30. The van der Waals surface area contributed by atoms with Gasteiger partial charge in [0.05, 0.1) is 18.9 Å². The van der Waals surface area contributed by atoms with Crippen molar-refractivity contribution < 1.29 is 0 Å². The Hall–Kier alpha value is -2.62. The molecule has 0 saturated heterocycles. The van der Waals surface area contributed by atoms with Gasteiger partial charge < -0.3 is 10.2 Å². The van der Waals surface area contributed by atoms with Crippen LogP contribution in [-0.2, 0) is 0 Å². The van der Waals surface area contributed by atoms with Crippen LogP contribution >= 0.6 is 0 Å². The SMILES string of the molecule is C1=CC(N2C=NC(c3ccccc3)C2)=C2C=CNC(=N1)C2. The van der Waals surface area contributed by atoms with Crippen molar-refractivity contribution in [3.8, 4) is 0 Å². The number of rotatable bonds is 2. The van der Waals surface area contributed by atoms with Crippen molar-refractivity contribution >= 4 is 12.2 Å². The first-order valence-electron chi connectivity index (χ1n) is 7.14. The summed E-state index contributed by atoms with van der Waals surface area (Å²) in [4.78, 5) is 11.3. The molecule has 1 aromatic carbocycles. The minimum absolute atomic E-state index is 0.210. The van der Waals surface area contributed by atoms with Crippen molar-refractivity contribution in [3.63, 3.8) is 0 Å². The molecule has 0 aromatic heterocycles. The molecule has 0 amide bonds. The molecule has 21 heavy (non-hydrogen) atoms. The first kappa shape index (κ1) is 12.1. The molecule has 3 aliphatic rings. The molecule has 4 nitrogen and oxygen atoms in total. The van der Waals surface area contributed by atoms with Crippen molar-refractivity contribution in [1.82, 2.24) is 10.2 Å². The largest absolute Gasteiger partial charge is 0.350 e. The van der Waals surface area contributed by atoms with Crippen LogP contribution in [0.4, 0.5) is 0 Å². The Labute approximate surface area is 123 Å². The van der Waals surface area contributed by atoms with Crippen LogP contribution in [0.15, 0.2) is 76.1 Å². The molecule has 0 saturated carbocycles. The molecule has 1 unspecified atom stereocenters. The Bertz CT molecular complexity index is 695. The summed E-state index contributed by atoms with van der Waals surface area (Å²) in [6.07, 6.45) is 10.8. The first-order chi connectivity index (χ1) is 10.4. The molecule has 0 fully saturated rings. The fraction of sp³-hybridized carbons (Fsp3) is 0.176. The normalized spacial score (nSPS) is 23.1. The maximum absolute atomic E-state index is 4.65. The molecule has 1 N–H and O–H groups in total. The lowest BCUT2D eigenvalue weighted by Crippen LogP contribution is -2.24. The van der Waals surface area contributed by atoms with Gasteiger partial charge in [0.2, 0.25) is 0 Å². The molecule has 104 valence electrons. The van der Waals surface area contributed by atoms with Crippen LogP contribution in [0.3, 0.4) is 0 Å². The third kappa shape index (κ3) is 2.29. The van der Waals surface area contributed by atoms with E-state index < -0.39 is 0 Å². The van der Waals surface area contributed by atoms with Crippen molar-refractivity contribution in [2.75, 3.05) is 6.54 Å². The highest BCUT2D eigenvalue weighted by Gasteiger charge is 2.23. The smallest absolute Gasteiger partial charge is 0.110 e. The van der Waals surface area contributed by atoms with E-state index in [-0.39, 0.29) is 6.04 Å². The molecule has 0 radical (unpaired) electrons. The number of benzene rings is 1. The molecule has 3 aliphatic heterocycles. The number of allylic oxidation sites excluding steroid dienone is 2. The predicted molar refractivity (Wildman–Crippen MR) is 84.9 cm³/mol. The summed E-state index contributed by atoms with van der Waals surface area (Å²) in [5.74, 6) is 0.995. The second-order valence-corrected chi connectivity index (χ2v) is 5.30. The topological polar surface area (TPSA) is 40.0 Å². The summed E-state index contributed by atoms with van der Waals surface area (Å²) in [5.41, 5.74) is 3.73. The maximum atomic E-state index is 4.65. The van der Waals surface area contributed by atoms with Crippen LogP contribution in [0.2, 0.25) is 0 Å². The first-order valence-corrected chi connectivity index (χ1v) is 7.14. The summed E-state index contributed by atoms with van der Waals surface area (Å²) in [6, 6.07) is 10.7. The van der Waals surface area contributed by atoms with E-state index in [0.29, 0.717) is 0 Å². The van der Waals surface area contributed by atoms with Crippen LogP contribution in [0.5, 0.6) is 0 Å². The van der Waals surface area contributed by atoms with E-state index in [9.17, 15) is 0 Å². The molecule has 0 spiro atoms. The summed E-state index contributed by atoms with van der Waals surface area (Å²) in [6.45, 7) is 0.879. The van der Waals surface area contributed by atoms with Gasteiger partial charge in [0.25, 0.3) is 0 Å². The number of amidine groups is 1. The zero-order valence-electron chi connectivity index (χ0n) is 11.6. The van der Waals surface area contributed by atoms with Gasteiger partial charge in [-0.05, 0) is 23.3 Å². The minimum atomic E-state index is 0.210. The summed E-state index contributed by atoms with van der Waals surface area (Å²) in [7, 11) is 0. The van der Waals surface area contributed by atoms with Gasteiger partial charge in [0.1, 0.15) is 5.84 Å². The van der Waals surface area contributed by atoms with Crippen molar-refractivity contribution in [2.24, 2.45) is 9.98 Å². The molecular weight excluding hydrogens is 260 g/mol. The molecule has 2 bridgehead atoms. The number of nitrogens with one attached hydrogen (secondary N) is 1. The van der Waals surface area contributed by atoms with Gasteiger partial charge in [-0.2, -0.15) is 0 Å². The average molecular weight is 276 g/mol. The predicted octanol–water partition coefficient (Wildman–Crippen LogP) is 2.76. The standard InChI is InChI=1S/C17H16N4/c1-2-4-13(5-3-1)15-11-21(12-20-15)16-7-9-19-17-10-14(16)6-8-18-17/h1-9,12,15H,10-11H2,(H,18,19). The van der Waals surface area contributed by atoms with Gasteiger partial charge in [-0.1, -0.05) is 30.3 Å². The van der Waals surface area contributed by atoms with Crippen molar-refractivity contribution in [2.45, 2.75) is 12.5 Å². The Morgan fingerprint density at radius 2 is 2.05 bits per heavy atom. The fourth-order valence-electron chi connectivity index (χ4n) is 2.84. The third-order valence-electron chi connectivity index (χ3n) is 3.93.